The zero-order valence-electron chi connectivity index (χ0n) is 22.8. The van der Waals surface area contributed by atoms with Gasteiger partial charge in [-0.05, 0) is 58.6 Å². The average Bonchev–Trinajstić information content (AvgIpc) is 3.18. The van der Waals surface area contributed by atoms with Crippen LogP contribution in [0.2, 0.25) is 0 Å². The third-order valence-corrected chi connectivity index (χ3v) is 6.90. The molecule has 0 aliphatic rings. The summed E-state index contributed by atoms with van der Waals surface area (Å²) in [5.41, 5.74) is 6.56. The summed E-state index contributed by atoms with van der Waals surface area (Å²) >= 11 is 0. The Balaban J connectivity index is 1.41. The summed E-state index contributed by atoms with van der Waals surface area (Å²) in [6.45, 7) is 9.64. The number of hydrogen-bond donors (Lipinski definition) is 1. The Labute approximate surface area is 224 Å². The standard InChI is InChI=1S/C32H37N3O3/c1-5-34-29(33-35(31(34)38)22-25-14-18-28(19-15-25)32(2,3)4)11-7-9-23-8-6-10-27(20-23)26-16-12-24(13-17-26)21-30(36)37/h6,8,10,12-20H,5,7,9,11,21-22H2,1-4H3,(H,36,37). The van der Waals surface area contributed by atoms with Gasteiger partial charge in [-0.3, -0.25) is 9.36 Å². The summed E-state index contributed by atoms with van der Waals surface area (Å²) in [6, 6.07) is 24.6. The minimum Gasteiger partial charge on any atom is -0.481 e. The van der Waals surface area contributed by atoms with E-state index in [1.54, 1.807) is 9.25 Å². The molecule has 0 bridgehead atoms. The summed E-state index contributed by atoms with van der Waals surface area (Å²) in [6.07, 6.45) is 2.53. The van der Waals surface area contributed by atoms with Crippen LogP contribution in [0.5, 0.6) is 0 Å². The molecule has 0 aliphatic heterocycles. The van der Waals surface area contributed by atoms with Crippen LogP contribution in [0.15, 0.2) is 77.6 Å². The highest BCUT2D eigenvalue weighted by Crippen LogP contribution is 2.23. The quantitative estimate of drug-likeness (QED) is 0.288. The van der Waals surface area contributed by atoms with Gasteiger partial charge in [0.2, 0.25) is 0 Å². The summed E-state index contributed by atoms with van der Waals surface area (Å²) < 4.78 is 3.36. The molecule has 0 saturated carbocycles. The average molecular weight is 512 g/mol. The number of carboxylic acid groups (broad SMARTS) is 1. The Morgan fingerprint density at radius 2 is 1.55 bits per heavy atom. The van der Waals surface area contributed by atoms with Gasteiger partial charge in [-0.1, -0.05) is 93.6 Å². The zero-order valence-corrected chi connectivity index (χ0v) is 22.8. The highest BCUT2D eigenvalue weighted by Gasteiger charge is 2.15. The number of carboxylic acids is 1. The maximum Gasteiger partial charge on any atom is 0.346 e. The van der Waals surface area contributed by atoms with Gasteiger partial charge < -0.3 is 5.11 Å². The maximum atomic E-state index is 13.0. The molecule has 6 nitrogen and oxygen atoms in total. The van der Waals surface area contributed by atoms with Gasteiger partial charge >= 0.3 is 11.7 Å². The minimum atomic E-state index is -0.826. The van der Waals surface area contributed by atoms with Crippen molar-refractivity contribution in [3.8, 4) is 11.1 Å². The van der Waals surface area contributed by atoms with Gasteiger partial charge in [0.25, 0.3) is 0 Å². The number of benzene rings is 3. The van der Waals surface area contributed by atoms with Crippen molar-refractivity contribution in [1.29, 1.82) is 0 Å². The molecule has 6 heteroatoms. The fourth-order valence-corrected chi connectivity index (χ4v) is 4.72. The van der Waals surface area contributed by atoms with Gasteiger partial charge in [-0.15, -0.1) is 0 Å². The molecule has 0 radical (unpaired) electrons. The second kappa shape index (κ2) is 11.6. The first-order chi connectivity index (χ1) is 18.1. The molecule has 0 atom stereocenters. The molecule has 198 valence electrons. The van der Waals surface area contributed by atoms with Crippen LogP contribution in [0.25, 0.3) is 11.1 Å². The summed E-state index contributed by atoms with van der Waals surface area (Å²) in [7, 11) is 0. The van der Waals surface area contributed by atoms with E-state index in [2.05, 4.69) is 69.3 Å². The van der Waals surface area contributed by atoms with Crippen LogP contribution in [0, 0.1) is 0 Å². The van der Waals surface area contributed by atoms with Crippen LogP contribution < -0.4 is 5.69 Å². The SMILES string of the molecule is CCn1c(CCCc2cccc(-c3ccc(CC(=O)O)cc3)c2)nn(Cc2ccc(C(C)(C)C)cc2)c1=O. The molecule has 4 rings (SSSR count). The Bertz CT molecular complexity index is 1440. The lowest BCUT2D eigenvalue weighted by Gasteiger charge is -2.19. The third kappa shape index (κ3) is 6.68. The maximum absolute atomic E-state index is 13.0. The molecule has 0 saturated heterocycles. The first-order valence-electron chi connectivity index (χ1n) is 13.3. The normalized spacial score (nSPS) is 11.6. The van der Waals surface area contributed by atoms with E-state index in [0.29, 0.717) is 13.1 Å². The third-order valence-electron chi connectivity index (χ3n) is 6.90. The predicted octanol–water partition coefficient (Wildman–Crippen LogP) is 5.88. The van der Waals surface area contributed by atoms with E-state index < -0.39 is 5.97 Å². The number of aryl methyl sites for hydroxylation is 2. The van der Waals surface area contributed by atoms with Crippen molar-refractivity contribution < 1.29 is 9.90 Å². The zero-order chi connectivity index (χ0) is 27.3. The Kier molecular flexibility index (Phi) is 8.30. The molecule has 0 fully saturated rings. The smallest absolute Gasteiger partial charge is 0.346 e. The van der Waals surface area contributed by atoms with Crippen LogP contribution >= 0.6 is 0 Å². The van der Waals surface area contributed by atoms with E-state index in [-0.39, 0.29) is 17.5 Å². The van der Waals surface area contributed by atoms with Crippen molar-refractivity contribution in [2.24, 2.45) is 0 Å². The molecule has 0 amide bonds. The van der Waals surface area contributed by atoms with E-state index in [9.17, 15) is 9.59 Å². The molecule has 1 aromatic heterocycles. The number of aliphatic carboxylic acids is 1. The molecule has 0 unspecified atom stereocenters. The monoisotopic (exact) mass is 511 g/mol. The number of carbonyl (C=O) groups is 1. The Morgan fingerprint density at radius 1 is 0.868 bits per heavy atom. The van der Waals surface area contributed by atoms with E-state index in [1.165, 1.54) is 11.1 Å². The first-order valence-corrected chi connectivity index (χ1v) is 13.3. The Hall–Kier alpha value is -3.93. The van der Waals surface area contributed by atoms with Crippen molar-refractivity contribution >= 4 is 5.97 Å². The topological polar surface area (TPSA) is 77.1 Å². The largest absolute Gasteiger partial charge is 0.481 e. The van der Waals surface area contributed by atoms with E-state index in [1.807, 2.05) is 31.2 Å². The van der Waals surface area contributed by atoms with Crippen LogP contribution in [0.1, 0.15) is 62.2 Å². The van der Waals surface area contributed by atoms with Gasteiger partial charge in [0.1, 0.15) is 5.82 Å². The first kappa shape index (κ1) is 27.1. The molecular weight excluding hydrogens is 474 g/mol. The number of aromatic nitrogens is 3. The lowest BCUT2D eigenvalue weighted by molar-refractivity contribution is -0.136. The second-order valence-electron chi connectivity index (χ2n) is 10.9. The van der Waals surface area contributed by atoms with E-state index in [4.69, 9.17) is 10.2 Å². The summed E-state index contributed by atoms with van der Waals surface area (Å²) in [5, 5.41) is 13.7. The van der Waals surface area contributed by atoms with Crippen molar-refractivity contribution in [3.05, 3.63) is 111 Å². The van der Waals surface area contributed by atoms with Gasteiger partial charge in [-0.25, -0.2) is 9.48 Å². The van der Waals surface area contributed by atoms with Crippen molar-refractivity contribution in [1.82, 2.24) is 14.3 Å². The van der Waals surface area contributed by atoms with Crippen LogP contribution in [0.4, 0.5) is 0 Å². The van der Waals surface area contributed by atoms with Crippen molar-refractivity contribution in [3.63, 3.8) is 0 Å². The van der Waals surface area contributed by atoms with E-state index in [0.717, 1.165) is 47.3 Å². The number of nitrogens with zero attached hydrogens (tertiary/aromatic N) is 3. The molecule has 0 aliphatic carbocycles. The molecule has 4 aromatic rings. The second-order valence-corrected chi connectivity index (χ2v) is 10.9. The van der Waals surface area contributed by atoms with Gasteiger partial charge in [0.15, 0.2) is 0 Å². The minimum absolute atomic E-state index is 0.0302. The molecule has 38 heavy (non-hydrogen) atoms. The van der Waals surface area contributed by atoms with Gasteiger partial charge in [-0.2, -0.15) is 5.10 Å². The lowest BCUT2D eigenvalue weighted by atomic mass is 9.87. The van der Waals surface area contributed by atoms with Crippen LogP contribution in [-0.4, -0.2) is 25.4 Å². The van der Waals surface area contributed by atoms with Crippen LogP contribution in [-0.2, 0) is 42.6 Å². The highest BCUT2D eigenvalue weighted by molar-refractivity contribution is 5.71. The predicted molar refractivity (Wildman–Crippen MR) is 152 cm³/mol. The van der Waals surface area contributed by atoms with Crippen molar-refractivity contribution in [2.75, 3.05) is 0 Å². The van der Waals surface area contributed by atoms with Gasteiger partial charge in [0, 0.05) is 13.0 Å². The molecule has 3 aromatic carbocycles. The van der Waals surface area contributed by atoms with Gasteiger partial charge in [0.05, 0.1) is 13.0 Å². The molecule has 1 N–H and O–H groups in total. The molecule has 1 heterocycles. The van der Waals surface area contributed by atoms with E-state index >= 15 is 0 Å². The van der Waals surface area contributed by atoms with Crippen LogP contribution in [0.3, 0.4) is 0 Å². The Morgan fingerprint density at radius 3 is 2.18 bits per heavy atom. The molecular formula is C32H37N3O3. The number of rotatable bonds is 10. The van der Waals surface area contributed by atoms with Crippen molar-refractivity contribution in [2.45, 2.75) is 71.9 Å². The fraction of sp³-hybridized carbons (Fsp3) is 0.344. The number of hydrogen-bond acceptors (Lipinski definition) is 3. The molecule has 0 spiro atoms. The summed E-state index contributed by atoms with van der Waals surface area (Å²) in [4.78, 5) is 23.9. The summed E-state index contributed by atoms with van der Waals surface area (Å²) in [5.74, 6) is 0.00168. The fourth-order valence-electron chi connectivity index (χ4n) is 4.72. The lowest BCUT2D eigenvalue weighted by Crippen LogP contribution is -2.25. The highest BCUT2D eigenvalue weighted by atomic mass is 16.4.